The summed E-state index contributed by atoms with van der Waals surface area (Å²) in [6, 6.07) is 1.52. The Hall–Kier alpha value is -2.52. The van der Waals surface area contributed by atoms with Gasteiger partial charge in [-0.15, -0.1) is 0 Å². The van der Waals surface area contributed by atoms with Gasteiger partial charge in [0, 0.05) is 12.6 Å². The summed E-state index contributed by atoms with van der Waals surface area (Å²) in [5, 5.41) is 20.5. The fourth-order valence-corrected chi connectivity index (χ4v) is 2.19. The molecule has 0 atom stereocenters. The van der Waals surface area contributed by atoms with Gasteiger partial charge in [-0.3, -0.25) is 19.2 Å². The van der Waals surface area contributed by atoms with Crippen molar-refractivity contribution < 1.29 is 19.9 Å². The first-order valence-corrected chi connectivity index (χ1v) is 6.64. The van der Waals surface area contributed by atoms with Gasteiger partial charge in [0.2, 0.25) is 0 Å². The number of carbonyl (C=O) groups excluding carboxylic acids is 1. The largest absolute Gasteiger partial charge is 0.481 e. The van der Waals surface area contributed by atoms with Gasteiger partial charge in [0.15, 0.2) is 5.65 Å². The van der Waals surface area contributed by atoms with Crippen LogP contribution >= 0.6 is 11.6 Å². The number of nitrogens with one attached hydrogen (secondary N) is 2. The van der Waals surface area contributed by atoms with Crippen LogP contribution in [-0.2, 0) is 16.0 Å². The normalized spacial score (nSPS) is 10.6. The summed E-state index contributed by atoms with van der Waals surface area (Å²) in [5.74, 6) is -1.23. The molecule has 0 aliphatic carbocycles. The molecule has 118 valence electrons. The number of aryl methyl sites for hydroxylation is 1. The molecular weight excluding hydrogens is 314 g/mol. The maximum atomic E-state index is 11.2. The fraction of sp³-hybridized carbons (Fsp3) is 0.250. The molecule has 0 aliphatic heterocycles. The lowest BCUT2D eigenvalue weighted by Crippen LogP contribution is -2.27. The summed E-state index contributed by atoms with van der Waals surface area (Å²) >= 11 is 5.95. The van der Waals surface area contributed by atoms with Gasteiger partial charge in [0.1, 0.15) is 5.82 Å². The quantitative estimate of drug-likeness (QED) is 0.384. The molecule has 0 fully saturated rings. The van der Waals surface area contributed by atoms with Gasteiger partial charge in [0.25, 0.3) is 5.91 Å². The molecule has 2 aromatic heterocycles. The monoisotopic (exact) mass is 327 g/mol. The van der Waals surface area contributed by atoms with Crippen molar-refractivity contribution in [3.05, 3.63) is 23.0 Å². The van der Waals surface area contributed by atoms with E-state index in [2.05, 4.69) is 10.3 Å². The molecule has 0 unspecified atom stereocenters. The molecule has 0 saturated heterocycles. The Labute approximate surface area is 129 Å². The Morgan fingerprint density at radius 1 is 1.45 bits per heavy atom. The fourth-order valence-electron chi connectivity index (χ4n) is 1.97. The number of nitrogens with zero attached hydrogens (tertiary/aromatic N) is 2. The Morgan fingerprint density at radius 2 is 2.18 bits per heavy atom. The highest BCUT2D eigenvalue weighted by Crippen LogP contribution is 2.26. The number of nitrogen functional groups attached to an aromatic ring is 1. The van der Waals surface area contributed by atoms with Crippen molar-refractivity contribution in [2.45, 2.75) is 12.8 Å². The van der Waals surface area contributed by atoms with E-state index in [9.17, 15) is 9.59 Å². The van der Waals surface area contributed by atoms with E-state index >= 15 is 0 Å². The predicted molar refractivity (Wildman–Crippen MR) is 79.0 cm³/mol. The van der Waals surface area contributed by atoms with Gasteiger partial charge in [-0.05, 0) is 6.07 Å². The molecule has 0 aliphatic rings. The molecular formula is C12H14ClN5O4. The number of carbonyl (C=O) groups is 2. The molecule has 1 amide bonds. The van der Waals surface area contributed by atoms with E-state index < -0.39 is 11.9 Å². The highest BCUT2D eigenvalue weighted by molar-refractivity contribution is 6.30. The number of imidazole rings is 1. The van der Waals surface area contributed by atoms with E-state index in [1.54, 1.807) is 10.6 Å². The van der Waals surface area contributed by atoms with Gasteiger partial charge < -0.3 is 16.2 Å². The number of nitrogens with two attached hydrogens (primary N) is 1. The van der Waals surface area contributed by atoms with Gasteiger partial charge in [-0.2, -0.15) is 0 Å². The third kappa shape index (κ3) is 3.38. The second kappa shape index (κ2) is 6.50. The Bertz CT molecular complexity index is 730. The number of aromatic nitrogens is 2. The van der Waals surface area contributed by atoms with Crippen molar-refractivity contribution in [1.82, 2.24) is 14.9 Å². The Kier molecular flexibility index (Phi) is 4.68. The number of pyridine rings is 1. The summed E-state index contributed by atoms with van der Waals surface area (Å²) < 4.78 is 1.54. The summed E-state index contributed by atoms with van der Waals surface area (Å²) in [6.07, 6.45) is 1.57. The lowest BCUT2D eigenvalue weighted by atomic mass is 10.2. The number of anilines is 2. The van der Waals surface area contributed by atoms with Crippen LogP contribution in [0.3, 0.4) is 0 Å². The van der Waals surface area contributed by atoms with Crippen LogP contribution in [0.4, 0.5) is 11.5 Å². The summed E-state index contributed by atoms with van der Waals surface area (Å²) in [6.45, 7) is -0.225. The van der Waals surface area contributed by atoms with Crippen LogP contribution in [0.1, 0.15) is 12.1 Å². The molecule has 9 nitrogen and oxygen atoms in total. The van der Waals surface area contributed by atoms with Crippen LogP contribution in [0.2, 0.25) is 5.02 Å². The highest BCUT2D eigenvalue weighted by Gasteiger charge is 2.16. The van der Waals surface area contributed by atoms with Crippen molar-refractivity contribution in [1.29, 1.82) is 0 Å². The molecule has 2 aromatic rings. The van der Waals surface area contributed by atoms with E-state index in [-0.39, 0.29) is 19.4 Å². The van der Waals surface area contributed by atoms with Crippen LogP contribution < -0.4 is 16.5 Å². The van der Waals surface area contributed by atoms with Crippen molar-refractivity contribution in [3.8, 4) is 0 Å². The number of halogens is 1. The lowest BCUT2D eigenvalue weighted by molar-refractivity contribution is -0.137. The number of hydrogen-bond acceptors (Lipinski definition) is 6. The number of hydrogen-bond donors (Lipinski definition) is 5. The van der Waals surface area contributed by atoms with Gasteiger partial charge in [-0.1, -0.05) is 11.6 Å². The van der Waals surface area contributed by atoms with Crippen LogP contribution in [0.25, 0.3) is 5.65 Å². The maximum Gasteiger partial charge on any atom is 0.303 e. The first-order valence-electron chi connectivity index (χ1n) is 6.27. The molecule has 2 rings (SSSR count). The summed E-state index contributed by atoms with van der Waals surface area (Å²) in [7, 11) is 0. The molecule has 22 heavy (non-hydrogen) atoms. The zero-order valence-corrected chi connectivity index (χ0v) is 12.1. The minimum absolute atomic E-state index is 0.127. The van der Waals surface area contributed by atoms with E-state index in [1.165, 1.54) is 11.5 Å². The van der Waals surface area contributed by atoms with Crippen LogP contribution in [0.15, 0.2) is 12.3 Å². The molecule has 0 bridgehead atoms. The lowest BCUT2D eigenvalue weighted by Gasteiger charge is -2.08. The maximum absolute atomic E-state index is 11.2. The first kappa shape index (κ1) is 15.9. The average Bonchev–Trinajstić information content (AvgIpc) is 2.80. The standard InChI is InChI=1S/C12H14ClN5O4/c13-6-3-7(14)11-16-8(1-2-10(20)21)12(18(11)5-6)15-4-9(19)17-22/h3,5,15,22H,1-2,4,14H2,(H,17,19)(H,20,21). The smallest absolute Gasteiger partial charge is 0.303 e. The van der Waals surface area contributed by atoms with E-state index in [4.69, 9.17) is 27.6 Å². The van der Waals surface area contributed by atoms with Crippen LogP contribution in [0, 0.1) is 0 Å². The van der Waals surface area contributed by atoms with Gasteiger partial charge in [-0.25, -0.2) is 10.5 Å². The Balaban J connectivity index is 2.44. The average molecular weight is 328 g/mol. The van der Waals surface area contributed by atoms with Gasteiger partial charge >= 0.3 is 5.97 Å². The highest BCUT2D eigenvalue weighted by atomic mass is 35.5. The summed E-state index contributed by atoms with van der Waals surface area (Å²) in [4.78, 5) is 26.2. The third-order valence-corrected chi connectivity index (χ3v) is 3.11. The number of aliphatic carboxylic acids is 1. The SMILES string of the molecule is Nc1cc(Cl)cn2c(NCC(=O)NO)c(CCC(=O)O)nc12. The topological polar surface area (TPSA) is 142 Å². The van der Waals surface area contributed by atoms with Gasteiger partial charge in [0.05, 0.1) is 29.4 Å². The van der Waals surface area contributed by atoms with E-state index in [0.717, 1.165) is 0 Å². The van der Waals surface area contributed by atoms with Crippen molar-refractivity contribution in [2.24, 2.45) is 0 Å². The van der Waals surface area contributed by atoms with Crippen molar-refractivity contribution in [3.63, 3.8) is 0 Å². The van der Waals surface area contributed by atoms with Crippen LogP contribution in [-0.4, -0.2) is 38.1 Å². The molecule has 6 N–H and O–H groups in total. The molecule has 0 saturated carbocycles. The van der Waals surface area contributed by atoms with Crippen molar-refractivity contribution >= 4 is 40.6 Å². The number of rotatable bonds is 6. The zero-order valence-electron chi connectivity index (χ0n) is 11.3. The minimum atomic E-state index is -0.970. The third-order valence-electron chi connectivity index (χ3n) is 2.90. The van der Waals surface area contributed by atoms with Crippen molar-refractivity contribution in [2.75, 3.05) is 17.6 Å². The number of carboxylic acids is 1. The molecule has 0 spiro atoms. The van der Waals surface area contributed by atoms with E-state index in [1.807, 2.05) is 0 Å². The predicted octanol–water partition coefficient (Wildman–Crippen LogP) is 0.504. The molecule has 0 aromatic carbocycles. The molecule has 10 heteroatoms. The minimum Gasteiger partial charge on any atom is -0.481 e. The summed E-state index contributed by atoms with van der Waals surface area (Å²) in [5.41, 5.74) is 8.49. The Morgan fingerprint density at radius 3 is 2.82 bits per heavy atom. The zero-order chi connectivity index (χ0) is 16.3. The number of carboxylic acid groups (broad SMARTS) is 1. The molecule has 0 radical (unpaired) electrons. The second-order valence-corrected chi connectivity index (χ2v) is 4.93. The number of fused-ring (bicyclic) bond motifs is 1. The number of amides is 1. The van der Waals surface area contributed by atoms with E-state index in [0.29, 0.717) is 27.9 Å². The molecule has 2 heterocycles. The second-order valence-electron chi connectivity index (χ2n) is 4.50. The van der Waals surface area contributed by atoms with Crippen LogP contribution in [0.5, 0.6) is 0 Å². The number of hydroxylamine groups is 1. The first-order chi connectivity index (χ1) is 10.4.